The fourth-order valence-corrected chi connectivity index (χ4v) is 1.95. The van der Waals surface area contributed by atoms with E-state index in [1.807, 2.05) is 0 Å². The van der Waals surface area contributed by atoms with E-state index < -0.39 is 11.8 Å². The first-order chi connectivity index (χ1) is 9.03. The number of piperidine rings is 1. The van der Waals surface area contributed by atoms with E-state index in [-0.39, 0.29) is 37.3 Å². The van der Waals surface area contributed by atoms with E-state index in [9.17, 15) is 8.78 Å². The van der Waals surface area contributed by atoms with E-state index in [1.165, 1.54) is 6.20 Å². The third kappa shape index (κ3) is 3.73. The number of alkyl halides is 2. The molecule has 0 unspecified atom stereocenters. The van der Waals surface area contributed by atoms with Gasteiger partial charge in [-0.1, -0.05) is 0 Å². The van der Waals surface area contributed by atoms with Crippen LogP contribution in [0.5, 0.6) is 0 Å². The van der Waals surface area contributed by atoms with Crippen LogP contribution >= 0.6 is 12.4 Å². The molecule has 1 fully saturated rings. The summed E-state index contributed by atoms with van der Waals surface area (Å²) in [5, 5.41) is 12.5. The number of nitrogens with one attached hydrogen (secondary N) is 3. The third-order valence-electron chi connectivity index (χ3n) is 3.14. The van der Waals surface area contributed by atoms with Crippen molar-refractivity contribution in [2.24, 2.45) is 5.92 Å². The van der Waals surface area contributed by atoms with Crippen LogP contribution in [0.3, 0.4) is 0 Å². The van der Waals surface area contributed by atoms with Gasteiger partial charge < -0.3 is 21.8 Å². The summed E-state index contributed by atoms with van der Waals surface area (Å²) in [6.07, 6.45) is 2.83. The van der Waals surface area contributed by atoms with E-state index in [0.29, 0.717) is 18.5 Å². The Bertz CT molecular complexity index is 470. The van der Waals surface area contributed by atoms with Crippen molar-refractivity contribution in [3.8, 4) is 0 Å². The molecular formula is C11H17ClF2N6. The van der Waals surface area contributed by atoms with Gasteiger partial charge in [-0.25, -0.2) is 13.8 Å². The highest BCUT2D eigenvalue weighted by Crippen LogP contribution is 2.29. The van der Waals surface area contributed by atoms with E-state index >= 15 is 0 Å². The van der Waals surface area contributed by atoms with Crippen LogP contribution in [0.15, 0.2) is 6.20 Å². The fraction of sp³-hybridized carbons (Fsp3) is 0.545. The predicted molar refractivity (Wildman–Crippen MR) is 76.0 cm³/mol. The van der Waals surface area contributed by atoms with Crippen LogP contribution in [-0.4, -0.2) is 41.7 Å². The zero-order valence-electron chi connectivity index (χ0n) is 10.7. The molecule has 0 aromatic carbocycles. The molecule has 0 aliphatic carbocycles. The van der Waals surface area contributed by atoms with Crippen LogP contribution in [-0.2, 0) is 0 Å². The molecule has 1 aromatic rings. The number of nitrogen functional groups attached to an aromatic ring is 1. The van der Waals surface area contributed by atoms with Gasteiger partial charge in [-0.05, 0) is 13.0 Å². The fourth-order valence-electron chi connectivity index (χ4n) is 1.95. The number of nitrogens with two attached hydrogens (primary N) is 1. The Hall–Kier alpha value is -1.54. The van der Waals surface area contributed by atoms with Gasteiger partial charge >= 0.3 is 0 Å². The van der Waals surface area contributed by atoms with Gasteiger partial charge in [0.05, 0.1) is 12.1 Å². The highest BCUT2D eigenvalue weighted by Gasteiger charge is 2.41. The van der Waals surface area contributed by atoms with Gasteiger partial charge in [0.25, 0.3) is 5.92 Å². The molecule has 1 aromatic heterocycles. The minimum Gasteiger partial charge on any atom is -0.383 e. The number of aromatic nitrogens is 2. The first-order valence-corrected chi connectivity index (χ1v) is 5.98. The molecule has 112 valence electrons. The van der Waals surface area contributed by atoms with Crippen LogP contribution in [0.4, 0.5) is 20.5 Å². The van der Waals surface area contributed by atoms with Gasteiger partial charge in [0.15, 0.2) is 0 Å². The normalized spacial score (nSPS) is 20.8. The summed E-state index contributed by atoms with van der Waals surface area (Å²) in [5.41, 5.74) is 5.99. The van der Waals surface area contributed by atoms with Crippen molar-refractivity contribution in [3.63, 3.8) is 0 Å². The molecule has 1 aliphatic rings. The van der Waals surface area contributed by atoms with Crippen molar-refractivity contribution < 1.29 is 8.78 Å². The van der Waals surface area contributed by atoms with Crippen LogP contribution in [0, 0.1) is 11.3 Å². The summed E-state index contributed by atoms with van der Waals surface area (Å²) in [5.74, 6) is -3.12. The molecule has 0 bridgehead atoms. The summed E-state index contributed by atoms with van der Waals surface area (Å²) in [4.78, 5) is 7.85. The highest BCUT2D eigenvalue weighted by atomic mass is 35.5. The van der Waals surface area contributed by atoms with Gasteiger partial charge in [-0.3, -0.25) is 0 Å². The van der Waals surface area contributed by atoms with Gasteiger partial charge in [-0.15, -0.1) is 12.4 Å². The maximum Gasteiger partial charge on any atom is 0.264 e. The lowest BCUT2D eigenvalue weighted by atomic mass is 9.94. The molecule has 20 heavy (non-hydrogen) atoms. The molecule has 0 spiro atoms. The Morgan fingerprint density at radius 3 is 2.95 bits per heavy atom. The number of hydrogen-bond donors (Lipinski definition) is 4. The SMILES string of the molecule is Cl.N=Cc1cnc(NC[C@H]2CCNCC2(F)F)nc1N. The van der Waals surface area contributed by atoms with Gasteiger partial charge in [0.1, 0.15) is 5.82 Å². The average molecular weight is 307 g/mol. The summed E-state index contributed by atoms with van der Waals surface area (Å²) in [6, 6.07) is 0. The highest BCUT2D eigenvalue weighted by molar-refractivity contribution is 5.85. The number of anilines is 2. The monoisotopic (exact) mass is 306 g/mol. The maximum absolute atomic E-state index is 13.6. The Labute approximate surface area is 121 Å². The lowest BCUT2D eigenvalue weighted by Gasteiger charge is -2.31. The van der Waals surface area contributed by atoms with E-state index in [1.54, 1.807) is 0 Å². The minimum atomic E-state index is -2.73. The van der Waals surface area contributed by atoms with Crippen LogP contribution in [0.2, 0.25) is 0 Å². The molecule has 0 amide bonds. The van der Waals surface area contributed by atoms with Crippen molar-refractivity contribution in [1.29, 1.82) is 5.41 Å². The van der Waals surface area contributed by atoms with Crippen LogP contribution in [0.25, 0.3) is 0 Å². The van der Waals surface area contributed by atoms with Crippen molar-refractivity contribution in [3.05, 3.63) is 11.8 Å². The number of hydrogen-bond acceptors (Lipinski definition) is 6. The summed E-state index contributed by atoms with van der Waals surface area (Å²) in [7, 11) is 0. The number of nitrogens with zero attached hydrogens (tertiary/aromatic N) is 2. The molecule has 1 aliphatic heterocycles. The van der Waals surface area contributed by atoms with E-state index in [2.05, 4.69) is 20.6 Å². The first kappa shape index (κ1) is 16.5. The number of halogens is 3. The van der Waals surface area contributed by atoms with Crippen LogP contribution < -0.4 is 16.4 Å². The first-order valence-electron chi connectivity index (χ1n) is 5.98. The standard InChI is InChI=1S/C11H16F2N6.ClH/c12-11(13)6-16-2-1-8(11)5-18-10-17-4-7(3-14)9(15)19-10;/h3-4,8,14,16H,1-2,5-6H2,(H3,15,17,18,19);1H/t8-;/m1./s1. The van der Waals surface area contributed by atoms with Crippen molar-refractivity contribution >= 4 is 30.4 Å². The molecule has 1 atom stereocenters. The largest absolute Gasteiger partial charge is 0.383 e. The quantitative estimate of drug-likeness (QED) is 0.625. The summed E-state index contributed by atoms with van der Waals surface area (Å²) >= 11 is 0. The number of rotatable bonds is 4. The summed E-state index contributed by atoms with van der Waals surface area (Å²) in [6.45, 7) is 0.380. The Morgan fingerprint density at radius 1 is 1.60 bits per heavy atom. The average Bonchev–Trinajstić information content (AvgIpc) is 2.37. The molecule has 1 saturated heterocycles. The molecule has 2 rings (SSSR count). The maximum atomic E-state index is 13.6. The van der Waals surface area contributed by atoms with Crippen molar-refractivity contribution in [1.82, 2.24) is 15.3 Å². The molecule has 9 heteroatoms. The molecule has 0 saturated carbocycles. The third-order valence-corrected chi connectivity index (χ3v) is 3.14. The van der Waals surface area contributed by atoms with Gasteiger partial charge in [0.2, 0.25) is 5.95 Å². The zero-order valence-corrected chi connectivity index (χ0v) is 11.5. The second-order valence-electron chi connectivity index (χ2n) is 4.48. The molecule has 2 heterocycles. The lowest BCUT2D eigenvalue weighted by molar-refractivity contribution is -0.0678. The Balaban J connectivity index is 0.00000200. The predicted octanol–water partition coefficient (Wildman–Crippen LogP) is 1.13. The molecular weight excluding hydrogens is 290 g/mol. The minimum absolute atomic E-state index is 0. The molecule has 6 nitrogen and oxygen atoms in total. The second-order valence-corrected chi connectivity index (χ2v) is 4.48. The molecule has 0 radical (unpaired) electrons. The smallest absolute Gasteiger partial charge is 0.264 e. The zero-order chi connectivity index (χ0) is 13.9. The lowest BCUT2D eigenvalue weighted by Crippen LogP contribution is -2.48. The van der Waals surface area contributed by atoms with Crippen molar-refractivity contribution in [2.45, 2.75) is 12.3 Å². The van der Waals surface area contributed by atoms with Gasteiger partial charge in [0, 0.05) is 24.9 Å². The Kier molecular flexibility index (Phi) is 5.58. The van der Waals surface area contributed by atoms with E-state index in [0.717, 1.165) is 6.21 Å². The Morgan fingerprint density at radius 2 is 2.35 bits per heavy atom. The molecule has 5 N–H and O–H groups in total. The van der Waals surface area contributed by atoms with Crippen LogP contribution in [0.1, 0.15) is 12.0 Å². The van der Waals surface area contributed by atoms with Crippen molar-refractivity contribution in [2.75, 3.05) is 30.7 Å². The van der Waals surface area contributed by atoms with E-state index in [4.69, 9.17) is 11.1 Å². The van der Waals surface area contributed by atoms with Gasteiger partial charge in [-0.2, -0.15) is 4.98 Å². The topological polar surface area (TPSA) is 99.7 Å². The summed E-state index contributed by atoms with van der Waals surface area (Å²) < 4.78 is 27.1. The second kappa shape index (κ2) is 6.76.